The van der Waals surface area contributed by atoms with E-state index in [2.05, 4.69) is 15.3 Å². The standard InChI is InChI=1S/C23H20N4O3/c1-14-5-3-8-20(24-14)26-21(17-6-4-7-18(13-17)27(29)30)19-12-11-16-10-9-15(2)25-22(16)23(19)28/h3-13,21,28H,1-2H3,(H,24,26)/t21-/m0/s1. The normalized spacial score (nSPS) is 11.9. The van der Waals surface area contributed by atoms with E-state index in [9.17, 15) is 15.2 Å². The molecule has 0 aliphatic rings. The molecule has 150 valence electrons. The third-order valence-corrected chi connectivity index (χ3v) is 4.91. The van der Waals surface area contributed by atoms with E-state index < -0.39 is 11.0 Å². The van der Waals surface area contributed by atoms with Crippen LogP contribution in [0.4, 0.5) is 11.5 Å². The summed E-state index contributed by atoms with van der Waals surface area (Å²) in [5.41, 5.74) is 3.28. The number of nitro groups is 1. The molecule has 0 radical (unpaired) electrons. The van der Waals surface area contributed by atoms with Crippen LogP contribution in [0.5, 0.6) is 5.75 Å². The van der Waals surface area contributed by atoms with Crippen molar-refractivity contribution >= 4 is 22.4 Å². The summed E-state index contributed by atoms with van der Waals surface area (Å²) in [6.07, 6.45) is 0. The number of non-ortho nitro benzene ring substituents is 1. The number of phenols is 1. The molecule has 30 heavy (non-hydrogen) atoms. The van der Waals surface area contributed by atoms with Gasteiger partial charge in [-0.1, -0.05) is 36.4 Å². The molecule has 0 aliphatic carbocycles. The van der Waals surface area contributed by atoms with E-state index in [1.807, 2.05) is 50.2 Å². The van der Waals surface area contributed by atoms with Crippen molar-refractivity contribution in [1.29, 1.82) is 0 Å². The molecule has 0 saturated carbocycles. The molecule has 2 N–H and O–H groups in total. The number of fused-ring (bicyclic) bond motifs is 1. The van der Waals surface area contributed by atoms with E-state index in [-0.39, 0.29) is 11.4 Å². The molecule has 2 heterocycles. The SMILES string of the molecule is Cc1cccc(N[C@@H](c2cccc([N+](=O)[O-])c2)c2ccc3ccc(C)nc3c2O)n1. The topological polar surface area (TPSA) is 101 Å². The van der Waals surface area contributed by atoms with Crippen molar-refractivity contribution < 1.29 is 10.0 Å². The first kappa shape index (κ1) is 19.3. The van der Waals surface area contributed by atoms with E-state index in [1.165, 1.54) is 12.1 Å². The lowest BCUT2D eigenvalue weighted by Gasteiger charge is -2.22. The van der Waals surface area contributed by atoms with Crippen molar-refractivity contribution in [3.05, 3.63) is 99.4 Å². The van der Waals surface area contributed by atoms with Crippen molar-refractivity contribution in [2.45, 2.75) is 19.9 Å². The average Bonchev–Trinajstić information content (AvgIpc) is 2.73. The highest BCUT2D eigenvalue weighted by molar-refractivity contribution is 5.86. The zero-order chi connectivity index (χ0) is 21.3. The second kappa shape index (κ2) is 7.79. The predicted octanol–water partition coefficient (Wildman–Crippen LogP) is 5.06. The van der Waals surface area contributed by atoms with Crippen LogP contribution in [0.25, 0.3) is 10.9 Å². The van der Waals surface area contributed by atoms with Gasteiger partial charge in [-0.3, -0.25) is 10.1 Å². The summed E-state index contributed by atoms with van der Waals surface area (Å²) in [7, 11) is 0. The molecule has 0 saturated heterocycles. The fraction of sp³-hybridized carbons (Fsp3) is 0.130. The number of aromatic nitrogens is 2. The molecular weight excluding hydrogens is 380 g/mol. The molecule has 0 spiro atoms. The molecule has 0 amide bonds. The Bertz CT molecular complexity index is 1260. The first-order valence-corrected chi connectivity index (χ1v) is 9.46. The minimum atomic E-state index is -0.564. The van der Waals surface area contributed by atoms with Gasteiger partial charge < -0.3 is 10.4 Å². The summed E-state index contributed by atoms with van der Waals surface area (Å²) in [4.78, 5) is 19.8. The molecule has 4 aromatic rings. The highest BCUT2D eigenvalue weighted by Gasteiger charge is 2.22. The second-order valence-corrected chi connectivity index (χ2v) is 7.12. The van der Waals surface area contributed by atoms with Crippen LogP contribution in [-0.2, 0) is 0 Å². The van der Waals surface area contributed by atoms with Crippen LogP contribution in [0.3, 0.4) is 0 Å². The Morgan fingerprint density at radius 2 is 1.70 bits per heavy atom. The monoisotopic (exact) mass is 400 g/mol. The number of benzene rings is 2. The molecular formula is C23H20N4O3. The zero-order valence-electron chi connectivity index (χ0n) is 16.5. The molecule has 0 unspecified atom stereocenters. The highest BCUT2D eigenvalue weighted by atomic mass is 16.6. The number of hydrogen-bond acceptors (Lipinski definition) is 6. The van der Waals surface area contributed by atoms with E-state index in [0.717, 1.165) is 16.8 Å². The quantitative estimate of drug-likeness (QED) is 0.359. The number of anilines is 1. The van der Waals surface area contributed by atoms with Crippen LogP contribution >= 0.6 is 0 Å². The maximum atomic E-state index is 11.3. The Morgan fingerprint density at radius 1 is 0.967 bits per heavy atom. The van der Waals surface area contributed by atoms with Crippen LogP contribution in [0.1, 0.15) is 28.6 Å². The molecule has 0 bridgehead atoms. The van der Waals surface area contributed by atoms with E-state index in [0.29, 0.717) is 22.5 Å². The number of nitrogens with one attached hydrogen (secondary N) is 1. The Labute approximate surface area is 173 Å². The van der Waals surface area contributed by atoms with Gasteiger partial charge in [0.05, 0.1) is 11.0 Å². The van der Waals surface area contributed by atoms with Gasteiger partial charge in [0.2, 0.25) is 0 Å². The lowest BCUT2D eigenvalue weighted by molar-refractivity contribution is -0.384. The van der Waals surface area contributed by atoms with Gasteiger partial charge in [0.25, 0.3) is 5.69 Å². The number of pyridine rings is 2. The summed E-state index contributed by atoms with van der Waals surface area (Å²) in [6, 6.07) is 18.8. The molecule has 0 fully saturated rings. The van der Waals surface area contributed by atoms with Gasteiger partial charge >= 0.3 is 0 Å². The zero-order valence-corrected chi connectivity index (χ0v) is 16.5. The van der Waals surface area contributed by atoms with Crippen molar-refractivity contribution in [1.82, 2.24) is 9.97 Å². The molecule has 7 heteroatoms. The maximum Gasteiger partial charge on any atom is 0.269 e. The van der Waals surface area contributed by atoms with Gasteiger partial charge in [0.15, 0.2) is 0 Å². The largest absolute Gasteiger partial charge is 0.505 e. The summed E-state index contributed by atoms with van der Waals surface area (Å²) in [5, 5.41) is 26.5. The fourth-order valence-electron chi connectivity index (χ4n) is 3.45. The highest BCUT2D eigenvalue weighted by Crippen LogP contribution is 2.37. The third kappa shape index (κ3) is 3.77. The van der Waals surface area contributed by atoms with Crippen molar-refractivity contribution in [2.75, 3.05) is 5.32 Å². The van der Waals surface area contributed by atoms with Crippen LogP contribution in [0.15, 0.2) is 66.7 Å². The summed E-state index contributed by atoms with van der Waals surface area (Å²) >= 11 is 0. The van der Waals surface area contributed by atoms with Crippen LogP contribution < -0.4 is 5.32 Å². The van der Waals surface area contributed by atoms with Gasteiger partial charge in [-0.25, -0.2) is 9.97 Å². The average molecular weight is 400 g/mol. The van der Waals surface area contributed by atoms with Crippen LogP contribution in [0, 0.1) is 24.0 Å². The number of phenolic OH excluding ortho intramolecular Hbond substituents is 1. The van der Waals surface area contributed by atoms with Crippen molar-refractivity contribution in [3.63, 3.8) is 0 Å². The van der Waals surface area contributed by atoms with Gasteiger partial charge in [-0.05, 0) is 37.6 Å². The minimum absolute atomic E-state index is 0.0225. The minimum Gasteiger partial charge on any atom is -0.505 e. The molecule has 0 aliphatic heterocycles. The molecule has 4 rings (SSSR count). The summed E-state index contributed by atoms with van der Waals surface area (Å²) in [6.45, 7) is 3.74. The lowest BCUT2D eigenvalue weighted by atomic mass is 9.95. The second-order valence-electron chi connectivity index (χ2n) is 7.12. The first-order valence-electron chi connectivity index (χ1n) is 9.46. The third-order valence-electron chi connectivity index (χ3n) is 4.91. The van der Waals surface area contributed by atoms with Crippen molar-refractivity contribution in [3.8, 4) is 5.75 Å². The summed E-state index contributed by atoms with van der Waals surface area (Å²) < 4.78 is 0. The number of hydrogen-bond donors (Lipinski definition) is 2. The van der Waals surface area contributed by atoms with Gasteiger partial charge in [-0.15, -0.1) is 0 Å². The fourth-order valence-corrected chi connectivity index (χ4v) is 3.45. The van der Waals surface area contributed by atoms with E-state index in [4.69, 9.17) is 0 Å². The Morgan fingerprint density at radius 3 is 2.47 bits per heavy atom. The van der Waals surface area contributed by atoms with Gasteiger partial charge in [0.1, 0.15) is 17.1 Å². The number of nitrogens with zero attached hydrogens (tertiary/aromatic N) is 3. The number of rotatable bonds is 5. The summed E-state index contributed by atoms with van der Waals surface area (Å²) in [5.74, 6) is 0.635. The number of aryl methyl sites for hydroxylation is 2. The Hall–Kier alpha value is -4.00. The molecule has 2 aromatic heterocycles. The molecule has 1 atom stereocenters. The number of aromatic hydroxyl groups is 1. The van der Waals surface area contributed by atoms with Crippen molar-refractivity contribution in [2.24, 2.45) is 0 Å². The predicted molar refractivity (Wildman–Crippen MR) is 116 cm³/mol. The first-order chi connectivity index (χ1) is 14.4. The van der Waals surface area contributed by atoms with E-state index >= 15 is 0 Å². The maximum absolute atomic E-state index is 11.3. The van der Waals surface area contributed by atoms with Gasteiger partial charge in [0, 0.05) is 34.5 Å². The van der Waals surface area contributed by atoms with Crippen LogP contribution in [-0.4, -0.2) is 20.0 Å². The molecule has 7 nitrogen and oxygen atoms in total. The van der Waals surface area contributed by atoms with Gasteiger partial charge in [-0.2, -0.15) is 0 Å². The van der Waals surface area contributed by atoms with E-state index in [1.54, 1.807) is 18.2 Å². The Kier molecular flexibility index (Phi) is 5.02. The molecule has 2 aromatic carbocycles. The number of nitro benzene ring substituents is 1. The van der Waals surface area contributed by atoms with Crippen LogP contribution in [0.2, 0.25) is 0 Å². The smallest absolute Gasteiger partial charge is 0.269 e. The Balaban J connectivity index is 1.89. The lowest BCUT2D eigenvalue weighted by Crippen LogP contribution is -2.14.